The zero-order chi connectivity index (χ0) is 10.2. The van der Waals surface area contributed by atoms with Crippen molar-refractivity contribution in [1.29, 1.82) is 0 Å². The first-order chi connectivity index (χ1) is 6.84. The molecule has 2 N–H and O–H groups in total. The molecule has 76 valence electrons. The SMILES string of the molecule is C=CCCCCOc1cccnc1N. The average Bonchev–Trinajstić information content (AvgIpc) is 2.20. The fourth-order valence-corrected chi connectivity index (χ4v) is 1.10. The molecule has 0 bridgehead atoms. The highest BCUT2D eigenvalue weighted by atomic mass is 16.5. The Balaban J connectivity index is 2.24. The summed E-state index contributed by atoms with van der Waals surface area (Å²) in [6, 6.07) is 3.64. The Hall–Kier alpha value is -1.51. The highest BCUT2D eigenvalue weighted by Gasteiger charge is 1.98. The molecule has 0 aliphatic heterocycles. The van der Waals surface area contributed by atoms with Crippen molar-refractivity contribution in [3.63, 3.8) is 0 Å². The lowest BCUT2D eigenvalue weighted by Gasteiger charge is -2.06. The van der Waals surface area contributed by atoms with Gasteiger partial charge >= 0.3 is 0 Å². The summed E-state index contributed by atoms with van der Waals surface area (Å²) in [4.78, 5) is 3.93. The number of pyridine rings is 1. The fraction of sp³-hybridized carbons (Fsp3) is 0.364. The van der Waals surface area contributed by atoms with Gasteiger partial charge in [0.2, 0.25) is 0 Å². The van der Waals surface area contributed by atoms with Crippen LogP contribution >= 0.6 is 0 Å². The van der Waals surface area contributed by atoms with Crippen LogP contribution in [0.4, 0.5) is 5.82 Å². The molecule has 0 spiro atoms. The largest absolute Gasteiger partial charge is 0.490 e. The summed E-state index contributed by atoms with van der Waals surface area (Å²) in [7, 11) is 0. The maximum atomic E-state index is 5.61. The molecule has 0 fully saturated rings. The predicted octanol–water partition coefficient (Wildman–Crippen LogP) is 2.40. The van der Waals surface area contributed by atoms with Gasteiger partial charge in [-0.1, -0.05) is 6.08 Å². The van der Waals surface area contributed by atoms with Crippen molar-refractivity contribution in [3.8, 4) is 5.75 Å². The third-order valence-corrected chi connectivity index (χ3v) is 1.86. The summed E-state index contributed by atoms with van der Waals surface area (Å²) in [6.45, 7) is 4.34. The van der Waals surface area contributed by atoms with Gasteiger partial charge in [0.05, 0.1) is 6.61 Å². The molecule has 3 nitrogen and oxygen atoms in total. The van der Waals surface area contributed by atoms with Gasteiger partial charge in [-0.3, -0.25) is 0 Å². The summed E-state index contributed by atoms with van der Waals surface area (Å²) in [5, 5.41) is 0. The molecule has 0 saturated heterocycles. The van der Waals surface area contributed by atoms with Crippen molar-refractivity contribution in [2.75, 3.05) is 12.3 Å². The number of hydrogen-bond acceptors (Lipinski definition) is 3. The first kappa shape index (κ1) is 10.6. The third-order valence-electron chi connectivity index (χ3n) is 1.86. The zero-order valence-electron chi connectivity index (χ0n) is 8.28. The molecule has 3 heteroatoms. The second kappa shape index (κ2) is 6.02. The van der Waals surface area contributed by atoms with E-state index in [2.05, 4.69) is 11.6 Å². The lowest BCUT2D eigenvalue weighted by Crippen LogP contribution is -2.01. The van der Waals surface area contributed by atoms with Crippen LogP contribution in [-0.4, -0.2) is 11.6 Å². The van der Waals surface area contributed by atoms with E-state index in [1.165, 1.54) is 0 Å². The summed E-state index contributed by atoms with van der Waals surface area (Å²) >= 11 is 0. The van der Waals surface area contributed by atoms with Gasteiger partial charge in [0, 0.05) is 6.20 Å². The maximum Gasteiger partial charge on any atom is 0.166 e. The highest BCUT2D eigenvalue weighted by molar-refractivity contribution is 5.44. The molecule has 0 amide bonds. The Morgan fingerprint density at radius 3 is 3.07 bits per heavy atom. The summed E-state index contributed by atoms with van der Waals surface area (Å²) in [5.74, 6) is 1.13. The van der Waals surface area contributed by atoms with Crippen molar-refractivity contribution in [1.82, 2.24) is 4.98 Å². The van der Waals surface area contributed by atoms with Gasteiger partial charge in [0.15, 0.2) is 11.6 Å². The first-order valence-corrected chi connectivity index (χ1v) is 4.79. The van der Waals surface area contributed by atoms with E-state index in [1.54, 1.807) is 6.20 Å². The van der Waals surface area contributed by atoms with Crippen LogP contribution in [0.5, 0.6) is 5.75 Å². The molecule has 0 radical (unpaired) electrons. The van der Waals surface area contributed by atoms with Gasteiger partial charge in [-0.2, -0.15) is 0 Å². The third kappa shape index (κ3) is 3.47. The Bertz CT molecular complexity index is 286. The van der Waals surface area contributed by atoms with E-state index in [9.17, 15) is 0 Å². The first-order valence-electron chi connectivity index (χ1n) is 4.79. The van der Waals surface area contributed by atoms with E-state index in [-0.39, 0.29) is 0 Å². The van der Waals surface area contributed by atoms with Crippen LogP contribution in [-0.2, 0) is 0 Å². The van der Waals surface area contributed by atoms with Crippen LogP contribution in [0.3, 0.4) is 0 Å². The maximum absolute atomic E-state index is 5.61. The molecular formula is C11H16N2O. The number of nitrogens with two attached hydrogens (primary N) is 1. The standard InChI is InChI=1S/C11H16N2O/c1-2-3-4-5-9-14-10-7-6-8-13-11(10)12/h2,6-8H,1,3-5,9H2,(H2,12,13). The van der Waals surface area contributed by atoms with Gasteiger partial charge in [-0.05, 0) is 31.4 Å². The van der Waals surface area contributed by atoms with Crippen molar-refractivity contribution in [2.24, 2.45) is 0 Å². The lowest BCUT2D eigenvalue weighted by atomic mass is 10.2. The number of allylic oxidation sites excluding steroid dienone is 1. The van der Waals surface area contributed by atoms with Crippen molar-refractivity contribution in [2.45, 2.75) is 19.3 Å². The molecule has 1 heterocycles. The van der Waals surface area contributed by atoms with Crippen molar-refractivity contribution in [3.05, 3.63) is 31.0 Å². The Kier molecular flexibility index (Phi) is 4.55. The molecule has 0 atom stereocenters. The fourth-order valence-electron chi connectivity index (χ4n) is 1.10. The summed E-state index contributed by atoms with van der Waals surface area (Å²) in [6.07, 6.45) is 6.72. The molecule has 0 aromatic carbocycles. The molecular weight excluding hydrogens is 176 g/mol. The molecule has 0 saturated carbocycles. The summed E-state index contributed by atoms with van der Waals surface area (Å²) < 4.78 is 5.46. The minimum Gasteiger partial charge on any atom is -0.490 e. The lowest BCUT2D eigenvalue weighted by molar-refractivity contribution is 0.308. The zero-order valence-corrected chi connectivity index (χ0v) is 8.28. The average molecular weight is 192 g/mol. The molecule has 0 aliphatic carbocycles. The van der Waals surface area contributed by atoms with E-state index in [0.717, 1.165) is 19.3 Å². The molecule has 0 unspecified atom stereocenters. The Morgan fingerprint density at radius 2 is 2.36 bits per heavy atom. The van der Waals surface area contributed by atoms with Gasteiger partial charge in [0.25, 0.3) is 0 Å². The number of nitrogen functional groups attached to an aromatic ring is 1. The van der Waals surface area contributed by atoms with E-state index >= 15 is 0 Å². The highest BCUT2D eigenvalue weighted by Crippen LogP contribution is 2.17. The minimum atomic E-state index is 0.455. The quantitative estimate of drug-likeness (QED) is 0.556. The second-order valence-electron chi connectivity index (χ2n) is 3.02. The van der Waals surface area contributed by atoms with Crippen LogP contribution < -0.4 is 10.5 Å². The van der Waals surface area contributed by atoms with Crippen LogP contribution in [0.25, 0.3) is 0 Å². The number of anilines is 1. The van der Waals surface area contributed by atoms with Gasteiger partial charge in [0.1, 0.15) is 0 Å². The smallest absolute Gasteiger partial charge is 0.166 e. The number of rotatable bonds is 6. The molecule has 1 rings (SSSR count). The van der Waals surface area contributed by atoms with Crippen LogP contribution in [0, 0.1) is 0 Å². The second-order valence-corrected chi connectivity index (χ2v) is 3.02. The number of unbranched alkanes of at least 4 members (excludes halogenated alkanes) is 2. The predicted molar refractivity (Wildman–Crippen MR) is 58.2 cm³/mol. The van der Waals surface area contributed by atoms with E-state index in [4.69, 9.17) is 10.5 Å². The van der Waals surface area contributed by atoms with Gasteiger partial charge < -0.3 is 10.5 Å². The van der Waals surface area contributed by atoms with E-state index in [1.807, 2.05) is 18.2 Å². The number of hydrogen-bond donors (Lipinski definition) is 1. The molecule has 0 aliphatic rings. The van der Waals surface area contributed by atoms with Crippen LogP contribution in [0.15, 0.2) is 31.0 Å². The minimum absolute atomic E-state index is 0.455. The van der Waals surface area contributed by atoms with E-state index < -0.39 is 0 Å². The Morgan fingerprint density at radius 1 is 1.50 bits per heavy atom. The molecule has 1 aromatic rings. The van der Waals surface area contributed by atoms with Crippen LogP contribution in [0.2, 0.25) is 0 Å². The topological polar surface area (TPSA) is 48.1 Å². The van der Waals surface area contributed by atoms with Gasteiger partial charge in [-0.15, -0.1) is 6.58 Å². The Labute approximate surface area is 84.6 Å². The molecule has 1 aromatic heterocycles. The summed E-state index contributed by atoms with van der Waals surface area (Å²) in [5.41, 5.74) is 5.61. The number of nitrogens with zero attached hydrogens (tertiary/aromatic N) is 1. The number of aromatic nitrogens is 1. The molecule has 14 heavy (non-hydrogen) atoms. The van der Waals surface area contributed by atoms with Gasteiger partial charge in [-0.25, -0.2) is 4.98 Å². The van der Waals surface area contributed by atoms with Crippen molar-refractivity contribution < 1.29 is 4.74 Å². The number of ether oxygens (including phenoxy) is 1. The monoisotopic (exact) mass is 192 g/mol. The van der Waals surface area contributed by atoms with Crippen LogP contribution in [0.1, 0.15) is 19.3 Å². The van der Waals surface area contributed by atoms with Crippen molar-refractivity contribution >= 4 is 5.82 Å². The van der Waals surface area contributed by atoms with E-state index in [0.29, 0.717) is 18.2 Å². The normalized spacial score (nSPS) is 9.71.